The zero-order chi connectivity index (χ0) is 15.5. The van der Waals surface area contributed by atoms with Gasteiger partial charge in [-0.05, 0) is 25.6 Å². The highest BCUT2D eigenvalue weighted by Crippen LogP contribution is 2.48. The molecule has 0 amide bonds. The number of hydrogen-bond acceptors (Lipinski definition) is 7. The third-order valence-corrected chi connectivity index (χ3v) is 5.28. The zero-order valence-electron chi connectivity index (χ0n) is 12.8. The molecular weight excluding hydrogens is 302 g/mol. The first kappa shape index (κ1) is 14.3. The van der Waals surface area contributed by atoms with Crippen molar-refractivity contribution >= 4 is 27.4 Å². The quantitative estimate of drug-likeness (QED) is 0.916. The summed E-state index contributed by atoms with van der Waals surface area (Å²) < 4.78 is 19.3. The van der Waals surface area contributed by atoms with Gasteiger partial charge in [0.05, 0.1) is 16.3 Å². The van der Waals surface area contributed by atoms with E-state index in [1.807, 2.05) is 19.2 Å². The molecule has 0 unspecified atom stereocenters. The molecule has 0 bridgehead atoms. The van der Waals surface area contributed by atoms with Crippen LogP contribution >= 0.6 is 11.3 Å². The Bertz CT molecular complexity index is 717. The molecule has 2 aromatic rings. The normalized spacial score (nSPS) is 33.4. The van der Waals surface area contributed by atoms with E-state index in [0.29, 0.717) is 5.82 Å². The van der Waals surface area contributed by atoms with Gasteiger partial charge in [-0.2, -0.15) is 0 Å². The summed E-state index contributed by atoms with van der Waals surface area (Å²) in [4.78, 5) is 8.44. The number of aromatic nitrogens is 2. The predicted octanol–water partition coefficient (Wildman–Crippen LogP) is 2.64. The molecule has 2 aliphatic heterocycles. The highest BCUT2D eigenvalue weighted by Gasteiger charge is 2.55. The molecule has 2 saturated heterocycles. The third-order valence-electron chi connectivity index (χ3n) is 4.27. The van der Waals surface area contributed by atoms with Gasteiger partial charge in [0.25, 0.3) is 0 Å². The average Bonchev–Trinajstić information content (AvgIpc) is 3.10. The smallest absolute Gasteiger partial charge is 0.164 e. The number of anilines is 1. The minimum absolute atomic E-state index is 0.0332. The highest BCUT2D eigenvalue weighted by atomic mass is 32.1. The van der Waals surface area contributed by atoms with Crippen molar-refractivity contribution in [1.82, 2.24) is 9.97 Å². The van der Waals surface area contributed by atoms with Crippen LogP contribution < -0.4 is 5.73 Å². The maximum atomic E-state index is 6.22. The van der Waals surface area contributed by atoms with Crippen molar-refractivity contribution in [3.8, 4) is 0 Å². The molecule has 22 heavy (non-hydrogen) atoms. The van der Waals surface area contributed by atoms with Crippen molar-refractivity contribution < 1.29 is 14.2 Å². The molecule has 0 radical (unpaired) electrons. The number of hydrogen-bond donors (Lipinski definition) is 1. The Labute approximate surface area is 132 Å². The predicted molar refractivity (Wildman–Crippen MR) is 83.6 cm³/mol. The van der Waals surface area contributed by atoms with Crippen LogP contribution in [0.3, 0.4) is 0 Å². The van der Waals surface area contributed by atoms with Crippen LogP contribution in [0.2, 0.25) is 0 Å². The summed E-state index contributed by atoms with van der Waals surface area (Å²) in [5.74, 6) is -0.0725. The summed E-state index contributed by atoms with van der Waals surface area (Å²) in [5, 5.41) is 2.05. The van der Waals surface area contributed by atoms with Gasteiger partial charge in [0.15, 0.2) is 5.79 Å². The van der Waals surface area contributed by atoms with E-state index >= 15 is 0 Å². The van der Waals surface area contributed by atoms with E-state index in [1.165, 1.54) is 6.33 Å². The van der Waals surface area contributed by atoms with Crippen LogP contribution in [0.5, 0.6) is 0 Å². The number of nitrogens with two attached hydrogens (primary N) is 1. The molecule has 2 aliphatic rings. The number of thiophene rings is 1. The standard InChI is InChI=1S/C15H19N3O3S/c1-4-8-11-12(21-15(2,3)20-11)10(19-8)7-5-22-13-9(7)17-6-18-14(13)16/h5-6,8,10-12H,4H2,1-3H3,(H2,16,17,18)/t8-,10+,11-,12+/m1/s1. The van der Waals surface area contributed by atoms with Crippen molar-refractivity contribution in [2.45, 2.75) is 57.4 Å². The highest BCUT2D eigenvalue weighted by molar-refractivity contribution is 7.17. The number of ether oxygens (including phenoxy) is 3. The number of rotatable bonds is 2. The Morgan fingerprint density at radius 1 is 1.27 bits per heavy atom. The fraction of sp³-hybridized carbons (Fsp3) is 0.600. The van der Waals surface area contributed by atoms with Gasteiger partial charge in [-0.3, -0.25) is 0 Å². The third kappa shape index (κ3) is 2.04. The van der Waals surface area contributed by atoms with E-state index < -0.39 is 5.79 Å². The van der Waals surface area contributed by atoms with E-state index in [9.17, 15) is 0 Å². The Morgan fingerprint density at radius 3 is 2.82 bits per heavy atom. The summed E-state index contributed by atoms with van der Waals surface area (Å²) in [5.41, 5.74) is 7.80. The van der Waals surface area contributed by atoms with E-state index in [1.54, 1.807) is 11.3 Å². The van der Waals surface area contributed by atoms with Crippen LogP contribution in [0, 0.1) is 0 Å². The van der Waals surface area contributed by atoms with Crippen molar-refractivity contribution in [1.29, 1.82) is 0 Å². The Hall–Kier alpha value is -1.28. The summed E-state index contributed by atoms with van der Waals surface area (Å²) in [6.07, 6.45) is 2.07. The average molecular weight is 321 g/mol. The number of fused-ring (bicyclic) bond motifs is 2. The second-order valence-electron chi connectivity index (χ2n) is 6.20. The largest absolute Gasteiger partial charge is 0.382 e. The van der Waals surface area contributed by atoms with Gasteiger partial charge >= 0.3 is 0 Å². The fourth-order valence-electron chi connectivity index (χ4n) is 3.35. The van der Waals surface area contributed by atoms with Crippen LogP contribution in [0.15, 0.2) is 11.7 Å². The monoisotopic (exact) mass is 321 g/mol. The number of nitrogen functional groups attached to an aromatic ring is 1. The molecule has 0 aliphatic carbocycles. The molecule has 0 aromatic carbocycles. The van der Waals surface area contributed by atoms with Crippen molar-refractivity contribution in [3.63, 3.8) is 0 Å². The van der Waals surface area contributed by atoms with Crippen LogP contribution in [-0.4, -0.2) is 34.1 Å². The van der Waals surface area contributed by atoms with Gasteiger partial charge in [-0.1, -0.05) is 6.92 Å². The molecule has 0 saturated carbocycles. The van der Waals surface area contributed by atoms with Crippen molar-refractivity contribution in [2.75, 3.05) is 5.73 Å². The van der Waals surface area contributed by atoms with Gasteiger partial charge in [-0.15, -0.1) is 11.3 Å². The first-order chi connectivity index (χ1) is 10.5. The van der Waals surface area contributed by atoms with Gasteiger partial charge < -0.3 is 19.9 Å². The van der Waals surface area contributed by atoms with Crippen molar-refractivity contribution in [2.24, 2.45) is 0 Å². The van der Waals surface area contributed by atoms with Gasteiger partial charge in [-0.25, -0.2) is 9.97 Å². The lowest BCUT2D eigenvalue weighted by atomic mass is 10.0. The second-order valence-corrected chi connectivity index (χ2v) is 7.08. The molecule has 4 atom stereocenters. The van der Waals surface area contributed by atoms with Gasteiger partial charge in [0, 0.05) is 5.56 Å². The minimum atomic E-state index is -0.579. The molecule has 6 nitrogen and oxygen atoms in total. The maximum absolute atomic E-state index is 6.22. The molecule has 4 rings (SSSR count). The molecule has 0 spiro atoms. The SMILES string of the molecule is CC[C@H]1O[C@@H](c2csc3c(N)ncnc23)[C@@H]2OC(C)(C)O[C@@H]21. The molecule has 2 N–H and O–H groups in total. The number of nitrogens with zero attached hydrogens (tertiary/aromatic N) is 2. The van der Waals surface area contributed by atoms with Gasteiger partial charge in [0.2, 0.25) is 0 Å². The Morgan fingerprint density at radius 2 is 2.05 bits per heavy atom. The summed E-state index contributed by atoms with van der Waals surface area (Å²) in [6.45, 7) is 5.99. The lowest BCUT2D eigenvalue weighted by Gasteiger charge is -2.23. The molecular formula is C15H19N3O3S. The summed E-state index contributed by atoms with van der Waals surface area (Å²) >= 11 is 1.54. The van der Waals surface area contributed by atoms with E-state index in [-0.39, 0.29) is 24.4 Å². The van der Waals surface area contributed by atoms with Crippen LogP contribution in [-0.2, 0) is 14.2 Å². The zero-order valence-corrected chi connectivity index (χ0v) is 13.6. The fourth-order valence-corrected chi connectivity index (χ4v) is 4.30. The molecule has 118 valence electrons. The Kier molecular flexibility index (Phi) is 3.16. The van der Waals surface area contributed by atoms with Crippen molar-refractivity contribution in [3.05, 3.63) is 17.3 Å². The van der Waals surface area contributed by atoms with Crippen LogP contribution in [0.25, 0.3) is 10.2 Å². The van der Waals surface area contributed by atoms with Crippen LogP contribution in [0.4, 0.5) is 5.82 Å². The maximum Gasteiger partial charge on any atom is 0.164 e. The van der Waals surface area contributed by atoms with Gasteiger partial charge in [0.1, 0.15) is 30.5 Å². The topological polar surface area (TPSA) is 79.5 Å². The molecule has 7 heteroatoms. The first-order valence-corrected chi connectivity index (χ1v) is 8.37. The summed E-state index contributed by atoms with van der Waals surface area (Å²) in [7, 11) is 0. The second kappa shape index (κ2) is 4.86. The van der Waals surface area contributed by atoms with E-state index in [0.717, 1.165) is 22.2 Å². The molecule has 4 heterocycles. The first-order valence-electron chi connectivity index (χ1n) is 7.49. The van der Waals surface area contributed by atoms with E-state index in [2.05, 4.69) is 16.9 Å². The molecule has 2 fully saturated rings. The molecule has 2 aromatic heterocycles. The lowest BCUT2D eigenvalue weighted by molar-refractivity contribution is -0.187. The summed E-state index contributed by atoms with van der Waals surface area (Å²) in [6, 6.07) is 0. The van der Waals surface area contributed by atoms with E-state index in [4.69, 9.17) is 19.9 Å². The Balaban J connectivity index is 1.77. The van der Waals surface area contributed by atoms with Crippen LogP contribution in [0.1, 0.15) is 38.9 Å². The lowest BCUT2D eigenvalue weighted by Crippen LogP contribution is -2.28. The minimum Gasteiger partial charge on any atom is -0.382 e.